The molecule has 0 bridgehead atoms. The molecule has 1 aliphatic heterocycles. The molecule has 4 aromatic rings. The number of amides is 2. The number of nitrogens with zero attached hydrogens (tertiary/aromatic N) is 2. The number of hydrogen-bond donors (Lipinski definition) is 2. The molecule has 1 aliphatic rings. The topological polar surface area (TPSA) is 109 Å². The second-order valence-corrected chi connectivity index (χ2v) is 10.3. The lowest BCUT2D eigenvalue weighted by Crippen LogP contribution is -2.37. The Balaban J connectivity index is 1.44. The van der Waals surface area contributed by atoms with Crippen molar-refractivity contribution in [3.05, 3.63) is 90.6 Å². The van der Waals surface area contributed by atoms with Crippen molar-refractivity contribution in [2.45, 2.75) is 17.4 Å². The van der Waals surface area contributed by atoms with Crippen molar-refractivity contribution in [2.75, 3.05) is 13.1 Å². The molecule has 0 aliphatic carbocycles. The highest BCUT2D eigenvalue weighted by atomic mass is 32.2. The first-order valence-electron chi connectivity index (χ1n) is 11.1. The molecule has 5 rings (SSSR count). The van der Waals surface area contributed by atoms with Crippen LogP contribution in [0.2, 0.25) is 0 Å². The van der Waals surface area contributed by atoms with Gasteiger partial charge in [-0.15, -0.1) is 0 Å². The summed E-state index contributed by atoms with van der Waals surface area (Å²) in [6, 6.07) is 22.5. The summed E-state index contributed by atoms with van der Waals surface area (Å²) in [5, 5.41) is 12.1. The van der Waals surface area contributed by atoms with Crippen LogP contribution in [0, 0.1) is 0 Å². The van der Waals surface area contributed by atoms with Crippen LogP contribution in [0.15, 0.2) is 90.0 Å². The van der Waals surface area contributed by atoms with Crippen molar-refractivity contribution in [3.8, 4) is 11.1 Å². The lowest BCUT2D eigenvalue weighted by Gasteiger charge is -2.17. The Labute approximate surface area is 202 Å². The molecule has 8 nitrogen and oxygen atoms in total. The van der Waals surface area contributed by atoms with Gasteiger partial charge in [0.2, 0.25) is 0 Å². The summed E-state index contributed by atoms with van der Waals surface area (Å²) in [7, 11) is -3.92. The van der Waals surface area contributed by atoms with E-state index in [1.165, 1.54) is 28.2 Å². The summed E-state index contributed by atoms with van der Waals surface area (Å²) in [5.41, 5.74) is 2.65. The Kier molecular flexibility index (Phi) is 5.78. The molecule has 2 amide bonds. The number of hydrogen-bond acceptors (Lipinski definition) is 4. The van der Waals surface area contributed by atoms with E-state index in [2.05, 4.69) is 5.32 Å². The molecule has 1 aromatic heterocycles. The highest BCUT2D eigenvalue weighted by Gasteiger charge is 2.28. The van der Waals surface area contributed by atoms with Crippen LogP contribution >= 0.6 is 0 Å². The Morgan fingerprint density at radius 1 is 0.914 bits per heavy atom. The molecule has 3 aromatic carbocycles. The standard InChI is InChI=1S/C26H23N3O5S/c30-25(28-15-14-20(16-28)27-26(31)32)19-10-12-21(13-11-19)35(33,34)29-17-23(18-6-2-1-3-7-18)22-8-4-5-9-24(22)29/h1-13,17,20,27H,14-16H2,(H,31,32)/t20-/m0/s1. The van der Waals surface area contributed by atoms with Crippen molar-refractivity contribution in [2.24, 2.45) is 0 Å². The highest BCUT2D eigenvalue weighted by molar-refractivity contribution is 7.90. The maximum atomic E-state index is 13.6. The quantitative estimate of drug-likeness (QED) is 0.440. The molecule has 1 atom stereocenters. The molecule has 9 heteroatoms. The van der Waals surface area contributed by atoms with Crippen molar-refractivity contribution in [1.29, 1.82) is 0 Å². The minimum atomic E-state index is -3.92. The van der Waals surface area contributed by atoms with Gasteiger partial charge in [0.15, 0.2) is 0 Å². The largest absolute Gasteiger partial charge is 0.465 e. The molecule has 0 spiro atoms. The van der Waals surface area contributed by atoms with Crippen LogP contribution in [0.3, 0.4) is 0 Å². The number of carbonyl (C=O) groups is 2. The van der Waals surface area contributed by atoms with Gasteiger partial charge in [-0.05, 0) is 42.3 Å². The maximum absolute atomic E-state index is 13.6. The first-order chi connectivity index (χ1) is 16.8. The van der Waals surface area contributed by atoms with Gasteiger partial charge in [0.05, 0.1) is 16.5 Å². The molecule has 178 valence electrons. The molecule has 0 saturated carbocycles. The van der Waals surface area contributed by atoms with Crippen LogP contribution in [0.4, 0.5) is 4.79 Å². The molecule has 35 heavy (non-hydrogen) atoms. The van der Waals surface area contributed by atoms with Gasteiger partial charge in [0, 0.05) is 35.8 Å². The number of nitrogens with one attached hydrogen (secondary N) is 1. The fourth-order valence-corrected chi connectivity index (χ4v) is 5.87. The fourth-order valence-electron chi connectivity index (χ4n) is 4.50. The summed E-state index contributed by atoms with van der Waals surface area (Å²) in [5.74, 6) is -0.263. The lowest BCUT2D eigenvalue weighted by atomic mass is 10.1. The van der Waals surface area contributed by atoms with E-state index in [9.17, 15) is 18.0 Å². The minimum absolute atomic E-state index is 0.0706. The summed E-state index contributed by atoms with van der Waals surface area (Å²) in [6.45, 7) is 0.713. The minimum Gasteiger partial charge on any atom is -0.465 e. The Hall–Kier alpha value is -4.11. The maximum Gasteiger partial charge on any atom is 0.404 e. The number of likely N-dealkylation sites (tertiary alicyclic amines) is 1. The number of carbonyl (C=O) groups excluding carboxylic acids is 1. The van der Waals surface area contributed by atoms with Crippen molar-refractivity contribution in [1.82, 2.24) is 14.2 Å². The van der Waals surface area contributed by atoms with Crippen LogP contribution in [0.5, 0.6) is 0 Å². The van der Waals surface area contributed by atoms with E-state index < -0.39 is 16.1 Å². The third-order valence-corrected chi connectivity index (χ3v) is 7.91. The molecule has 2 heterocycles. The molecular formula is C26H23N3O5S. The first kappa shape index (κ1) is 22.7. The molecule has 0 unspecified atom stereocenters. The number of benzene rings is 3. The van der Waals surface area contributed by atoms with Crippen molar-refractivity contribution < 1.29 is 23.1 Å². The molecular weight excluding hydrogens is 466 g/mol. The SMILES string of the molecule is O=C(O)N[C@H]1CCN(C(=O)c2ccc(S(=O)(=O)n3cc(-c4ccccc4)c4ccccc43)cc2)C1. The van der Waals surface area contributed by atoms with E-state index in [1.54, 1.807) is 23.2 Å². The summed E-state index contributed by atoms with van der Waals surface area (Å²) in [4.78, 5) is 25.3. The van der Waals surface area contributed by atoms with E-state index in [-0.39, 0.29) is 23.4 Å². The number of aromatic nitrogens is 1. The zero-order chi connectivity index (χ0) is 24.6. The van der Waals surface area contributed by atoms with Gasteiger partial charge in [-0.3, -0.25) is 4.79 Å². The summed E-state index contributed by atoms with van der Waals surface area (Å²) < 4.78 is 28.4. The predicted molar refractivity (Wildman–Crippen MR) is 132 cm³/mol. The molecule has 1 fully saturated rings. The van der Waals surface area contributed by atoms with Crippen LogP contribution in [-0.4, -0.2) is 53.5 Å². The molecule has 0 radical (unpaired) electrons. The second-order valence-electron chi connectivity index (χ2n) is 8.44. The van der Waals surface area contributed by atoms with Crippen LogP contribution in [0.1, 0.15) is 16.8 Å². The monoisotopic (exact) mass is 489 g/mol. The van der Waals surface area contributed by atoms with E-state index in [0.717, 1.165) is 16.5 Å². The predicted octanol–water partition coefficient (Wildman–Crippen LogP) is 4.03. The normalized spacial score (nSPS) is 15.9. The van der Waals surface area contributed by atoms with E-state index >= 15 is 0 Å². The zero-order valence-corrected chi connectivity index (χ0v) is 19.5. The van der Waals surface area contributed by atoms with Gasteiger partial charge in [0.25, 0.3) is 15.9 Å². The van der Waals surface area contributed by atoms with Crippen LogP contribution < -0.4 is 5.32 Å². The first-order valence-corrected chi connectivity index (χ1v) is 12.6. The Morgan fingerprint density at radius 3 is 2.31 bits per heavy atom. The van der Waals surface area contributed by atoms with Crippen molar-refractivity contribution >= 4 is 32.9 Å². The smallest absolute Gasteiger partial charge is 0.404 e. The number of carboxylic acid groups (broad SMARTS) is 1. The average Bonchev–Trinajstić information content (AvgIpc) is 3.49. The third-order valence-electron chi connectivity index (χ3n) is 6.22. The Bertz CT molecular complexity index is 1510. The number of para-hydroxylation sites is 1. The highest BCUT2D eigenvalue weighted by Crippen LogP contribution is 2.33. The van der Waals surface area contributed by atoms with Gasteiger partial charge in [0.1, 0.15) is 0 Å². The zero-order valence-electron chi connectivity index (χ0n) is 18.7. The average molecular weight is 490 g/mol. The number of fused-ring (bicyclic) bond motifs is 1. The van der Waals surface area contributed by atoms with E-state index in [4.69, 9.17) is 5.11 Å². The summed E-state index contributed by atoms with van der Waals surface area (Å²) in [6.07, 6.45) is 1.05. The number of rotatable bonds is 5. The van der Waals surface area contributed by atoms with Crippen molar-refractivity contribution in [3.63, 3.8) is 0 Å². The second kappa shape index (κ2) is 8.92. The molecule has 2 N–H and O–H groups in total. The third kappa shape index (κ3) is 4.26. The van der Waals surface area contributed by atoms with Crippen LogP contribution in [-0.2, 0) is 10.0 Å². The van der Waals surface area contributed by atoms with Gasteiger partial charge >= 0.3 is 6.09 Å². The fraction of sp³-hybridized carbons (Fsp3) is 0.154. The lowest BCUT2D eigenvalue weighted by molar-refractivity contribution is 0.0788. The summed E-state index contributed by atoms with van der Waals surface area (Å²) >= 11 is 0. The Morgan fingerprint density at radius 2 is 1.60 bits per heavy atom. The molecule has 1 saturated heterocycles. The van der Waals surface area contributed by atoms with Gasteiger partial charge in [-0.25, -0.2) is 17.2 Å². The van der Waals surface area contributed by atoms with Gasteiger partial charge < -0.3 is 15.3 Å². The van der Waals surface area contributed by atoms with E-state index in [0.29, 0.717) is 24.0 Å². The van der Waals surface area contributed by atoms with Crippen LogP contribution in [0.25, 0.3) is 22.0 Å². The van der Waals surface area contributed by atoms with E-state index in [1.807, 2.05) is 42.5 Å². The van der Waals surface area contributed by atoms with Gasteiger partial charge in [-0.2, -0.15) is 0 Å². The van der Waals surface area contributed by atoms with Gasteiger partial charge in [-0.1, -0.05) is 48.5 Å².